The Morgan fingerprint density at radius 1 is 1.13 bits per heavy atom. The highest BCUT2D eigenvalue weighted by molar-refractivity contribution is 6.02. The number of benzene rings is 1. The second-order valence-electron chi connectivity index (χ2n) is 6.31. The molecule has 1 aromatic heterocycles. The smallest absolute Gasteiger partial charge is 0.274 e. The number of amides is 1. The predicted molar refractivity (Wildman–Crippen MR) is 86.6 cm³/mol. The van der Waals surface area contributed by atoms with Crippen LogP contribution >= 0.6 is 0 Å². The van der Waals surface area contributed by atoms with Gasteiger partial charge in [-0.05, 0) is 61.9 Å². The van der Waals surface area contributed by atoms with E-state index in [9.17, 15) is 4.79 Å². The molecule has 0 atom stereocenters. The van der Waals surface area contributed by atoms with Crippen LogP contribution in [0.5, 0.6) is 5.75 Å². The first-order chi connectivity index (χ1) is 11.3. The summed E-state index contributed by atoms with van der Waals surface area (Å²) in [6.45, 7) is 0.788. The molecule has 2 saturated carbocycles. The van der Waals surface area contributed by atoms with E-state index in [-0.39, 0.29) is 5.91 Å². The van der Waals surface area contributed by atoms with Crippen LogP contribution in [0.4, 0.5) is 5.69 Å². The number of nitrogens with zero attached hydrogens (tertiary/aromatic N) is 2. The summed E-state index contributed by atoms with van der Waals surface area (Å²) in [7, 11) is 0. The fraction of sp³-hybridized carbons (Fsp3) is 0.389. The van der Waals surface area contributed by atoms with Gasteiger partial charge in [0.15, 0.2) is 0 Å². The summed E-state index contributed by atoms with van der Waals surface area (Å²) in [6.07, 6.45) is 6.44. The molecule has 5 nitrogen and oxygen atoms in total. The number of carbonyl (C=O) groups is 1. The van der Waals surface area contributed by atoms with Crippen molar-refractivity contribution in [2.75, 3.05) is 11.9 Å². The van der Waals surface area contributed by atoms with Gasteiger partial charge < -0.3 is 10.1 Å². The Kier molecular flexibility index (Phi) is 3.69. The first kappa shape index (κ1) is 14.2. The summed E-state index contributed by atoms with van der Waals surface area (Å²) >= 11 is 0. The minimum absolute atomic E-state index is 0.207. The molecule has 4 rings (SSSR count). The highest BCUT2D eigenvalue weighted by atomic mass is 16.5. The van der Waals surface area contributed by atoms with Crippen LogP contribution in [-0.4, -0.2) is 22.5 Å². The number of rotatable bonds is 6. The summed E-state index contributed by atoms with van der Waals surface area (Å²) in [6, 6.07) is 9.11. The predicted octanol–water partition coefficient (Wildman–Crippen LogP) is 3.40. The second kappa shape index (κ2) is 5.99. The van der Waals surface area contributed by atoms with E-state index >= 15 is 0 Å². The van der Waals surface area contributed by atoms with E-state index in [2.05, 4.69) is 15.3 Å². The van der Waals surface area contributed by atoms with Crippen LogP contribution in [0.2, 0.25) is 0 Å². The second-order valence-corrected chi connectivity index (χ2v) is 6.31. The third kappa shape index (κ3) is 3.67. The highest BCUT2D eigenvalue weighted by Crippen LogP contribution is 2.37. The van der Waals surface area contributed by atoms with E-state index in [1.54, 1.807) is 12.3 Å². The van der Waals surface area contributed by atoms with Gasteiger partial charge in [-0.3, -0.25) is 4.79 Å². The Bertz CT molecular complexity index is 706. The molecule has 2 aliphatic rings. The molecule has 0 unspecified atom stereocenters. The Morgan fingerprint density at radius 2 is 1.91 bits per heavy atom. The number of aromatic nitrogens is 2. The number of hydrogen-bond acceptors (Lipinski definition) is 4. The number of ether oxygens (including phenoxy) is 1. The van der Waals surface area contributed by atoms with E-state index in [1.807, 2.05) is 24.3 Å². The van der Waals surface area contributed by atoms with Crippen LogP contribution in [0, 0.1) is 5.92 Å². The number of nitrogens with one attached hydrogen (secondary N) is 1. The molecule has 0 saturated heterocycles. The van der Waals surface area contributed by atoms with Gasteiger partial charge in [0, 0.05) is 17.8 Å². The van der Waals surface area contributed by atoms with Gasteiger partial charge in [0.1, 0.15) is 17.3 Å². The molecule has 2 aromatic rings. The van der Waals surface area contributed by atoms with Crippen molar-refractivity contribution in [2.45, 2.75) is 31.6 Å². The molecule has 1 N–H and O–H groups in total. The van der Waals surface area contributed by atoms with Crippen molar-refractivity contribution in [3.8, 4) is 5.75 Å². The van der Waals surface area contributed by atoms with E-state index in [0.717, 1.165) is 42.6 Å². The first-order valence-electron chi connectivity index (χ1n) is 8.15. The summed E-state index contributed by atoms with van der Waals surface area (Å²) < 4.78 is 5.69. The molecule has 0 bridgehead atoms. The molecule has 23 heavy (non-hydrogen) atoms. The molecular weight excluding hydrogens is 290 g/mol. The Labute approximate surface area is 135 Å². The van der Waals surface area contributed by atoms with Gasteiger partial charge in [-0.2, -0.15) is 0 Å². The lowest BCUT2D eigenvalue weighted by Gasteiger charge is -2.08. The van der Waals surface area contributed by atoms with Gasteiger partial charge in [-0.1, -0.05) is 0 Å². The largest absolute Gasteiger partial charge is 0.493 e. The summed E-state index contributed by atoms with van der Waals surface area (Å²) in [5, 5.41) is 2.86. The molecule has 0 radical (unpaired) electrons. The van der Waals surface area contributed by atoms with Crippen molar-refractivity contribution in [2.24, 2.45) is 5.92 Å². The SMILES string of the molecule is O=C(Nc1ccc(OCC2CC2)cc1)c1ccnc(C2CC2)n1. The average molecular weight is 309 g/mol. The van der Waals surface area contributed by atoms with Crippen LogP contribution in [-0.2, 0) is 0 Å². The third-order valence-electron chi connectivity index (χ3n) is 4.14. The lowest BCUT2D eigenvalue weighted by molar-refractivity contribution is 0.102. The zero-order chi connectivity index (χ0) is 15.6. The molecule has 1 aromatic carbocycles. The van der Waals surface area contributed by atoms with E-state index in [0.29, 0.717) is 11.6 Å². The molecule has 2 aliphatic carbocycles. The van der Waals surface area contributed by atoms with Crippen molar-refractivity contribution in [1.29, 1.82) is 0 Å². The van der Waals surface area contributed by atoms with Gasteiger partial charge in [-0.25, -0.2) is 9.97 Å². The molecule has 5 heteroatoms. The molecule has 1 heterocycles. The van der Waals surface area contributed by atoms with Gasteiger partial charge in [0.2, 0.25) is 0 Å². The first-order valence-corrected chi connectivity index (χ1v) is 8.15. The summed E-state index contributed by atoms with van der Waals surface area (Å²) in [5.74, 6) is 2.58. The highest BCUT2D eigenvalue weighted by Gasteiger charge is 2.27. The maximum absolute atomic E-state index is 12.3. The van der Waals surface area contributed by atoms with Crippen molar-refractivity contribution < 1.29 is 9.53 Å². The maximum Gasteiger partial charge on any atom is 0.274 e. The molecular formula is C18H19N3O2. The average Bonchev–Trinajstić information content (AvgIpc) is 3.48. The van der Waals surface area contributed by atoms with Gasteiger partial charge in [-0.15, -0.1) is 0 Å². The van der Waals surface area contributed by atoms with Crippen molar-refractivity contribution in [1.82, 2.24) is 9.97 Å². The molecule has 0 aliphatic heterocycles. The van der Waals surface area contributed by atoms with E-state index in [4.69, 9.17) is 4.74 Å². The number of anilines is 1. The number of carbonyl (C=O) groups excluding carboxylic acids is 1. The topological polar surface area (TPSA) is 64.1 Å². The number of hydrogen-bond donors (Lipinski definition) is 1. The molecule has 118 valence electrons. The normalized spacial score (nSPS) is 16.9. The van der Waals surface area contributed by atoms with E-state index < -0.39 is 0 Å². The maximum atomic E-state index is 12.3. The summed E-state index contributed by atoms with van der Waals surface area (Å²) in [5.41, 5.74) is 1.15. The van der Waals surface area contributed by atoms with Crippen molar-refractivity contribution in [3.05, 3.63) is 48.0 Å². The zero-order valence-electron chi connectivity index (χ0n) is 12.9. The molecule has 1 amide bonds. The lowest BCUT2D eigenvalue weighted by atomic mass is 10.2. The van der Waals surface area contributed by atoms with Crippen LogP contribution < -0.4 is 10.1 Å². The van der Waals surface area contributed by atoms with Gasteiger partial charge in [0.25, 0.3) is 5.91 Å². The van der Waals surface area contributed by atoms with Gasteiger partial charge in [0.05, 0.1) is 6.61 Å². The summed E-state index contributed by atoms with van der Waals surface area (Å²) in [4.78, 5) is 20.9. The van der Waals surface area contributed by atoms with Crippen molar-refractivity contribution >= 4 is 11.6 Å². The molecule has 0 spiro atoms. The van der Waals surface area contributed by atoms with Crippen LogP contribution in [0.1, 0.15) is 47.9 Å². The Hall–Kier alpha value is -2.43. The fourth-order valence-electron chi connectivity index (χ4n) is 2.37. The van der Waals surface area contributed by atoms with Crippen LogP contribution in [0.15, 0.2) is 36.5 Å². The minimum Gasteiger partial charge on any atom is -0.493 e. The van der Waals surface area contributed by atoms with Crippen LogP contribution in [0.3, 0.4) is 0 Å². The fourth-order valence-corrected chi connectivity index (χ4v) is 2.37. The molecule has 2 fully saturated rings. The Balaban J connectivity index is 1.38. The van der Waals surface area contributed by atoms with E-state index in [1.165, 1.54) is 12.8 Å². The quantitative estimate of drug-likeness (QED) is 0.888. The van der Waals surface area contributed by atoms with Crippen molar-refractivity contribution in [3.63, 3.8) is 0 Å². The monoisotopic (exact) mass is 309 g/mol. The zero-order valence-corrected chi connectivity index (χ0v) is 12.9. The standard InChI is InChI=1S/C18H19N3O2/c22-18(16-9-10-19-17(21-16)13-3-4-13)20-14-5-7-15(8-6-14)23-11-12-1-2-12/h5-10,12-13H,1-4,11H2,(H,20,22). The minimum atomic E-state index is -0.207. The third-order valence-corrected chi connectivity index (χ3v) is 4.14. The van der Waals surface area contributed by atoms with Gasteiger partial charge >= 0.3 is 0 Å². The Morgan fingerprint density at radius 3 is 2.61 bits per heavy atom. The lowest BCUT2D eigenvalue weighted by Crippen LogP contribution is -2.14. The van der Waals surface area contributed by atoms with Crippen LogP contribution in [0.25, 0.3) is 0 Å².